The van der Waals surface area contributed by atoms with Crippen LogP contribution in [0.4, 0.5) is 24.7 Å². The molecule has 5 aromatic rings. The number of imide groups is 1. The lowest BCUT2D eigenvalue weighted by Crippen LogP contribution is -2.44. The first kappa shape index (κ1) is 41.3. The second-order valence-electron chi connectivity index (χ2n) is 17.0. The highest BCUT2D eigenvalue weighted by atomic mass is 32.1. The van der Waals surface area contributed by atoms with Gasteiger partial charge in [0.15, 0.2) is 10.8 Å². The number of ether oxygens (including phenoxy) is 2. The van der Waals surface area contributed by atoms with Gasteiger partial charge in [-0.1, -0.05) is 29.2 Å². The van der Waals surface area contributed by atoms with E-state index in [-0.39, 0.29) is 59.9 Å². The molecule has 5 saturated heterocycles. The summed E-state index contributed by atoms with van der Waals surface area (Å²) in [7, 11) is 1.66. The monoisotopic (exact) mass is 883 g/mol. The molecule has 0 aliphatic carbocycles. The zero-order valence-corrected chi connectivity index (χ0v) is 35.5. The zero-order valence-electron chi connectivity index (χ0n) is 34.7. The Morgan fingerprint density at radius 2 is 1.90 bits per heavy atom. The molecule has 3 atom stereocenters. The highest BCUT2D eigenvalue weighted by Crippen LogP contribution is 2.39. The number of nitrogens with zero attached hydrogens (tertiary/aromatic N) is 9. The summed E-state index contributed by atoms with van der Waals surface area (Å²) >= 11 is 1.07. The molecule has 0 saturated carbocycles. The Bertz CT molecular complexity index is 2700. The Kier molecular flexibility index (Phi) is 11.2. The second-order valence-corrected chi connectivity index (χ2v) is 17.9. The standard InChI is InChI=1S/C43H47F2N11O6S/c1-51-36-26(4-2-6-31(36)56(43(51)60)32-7-8-34(57)48-40(32)59)5-3-19-61-28-11-14-52(15-12-28)22-25-9-16-53(17-10-25)42-49-35(37(44)45)41(63-42)50-39(58)30-21-46-55-18-13-33(47-38(30)55)54-23-29-20-27(54)24-62-29/h2,4,6,13,18,21,25,27-29,32,37H,7-12,14-17,19-20,22-24H2,1H3,(H,50,58)(H,48,57,59)/t27-,29-,32?/m1/s1. The summed E-state index contributed by atoms with van der Waals surface area (Å²) < 4.78 is 44.9. The van der Waals surface area contributed by atoms with E-state index >= 15 is 0 Å². The van der Waals surface area contributed by atoms with E-state index < -0.39 is 30.0 Å². The largest absolute Gasteiger partial charge is 0.374 e. The number of aromatic nitrogens is 6. The summed E-state index contributed by atoms with van der Waals surface area (Å²) in [5, 5.41) is 9.82. The number of alkyl halides is 2. The number of thiazole rings is 1. The number of nitrogens with one attached hydrogen (secondary N) is 2. The first-order valence-electron chi connectivity index (χ1n) is 21.5. The van der Waals surface area contributed by atoms with Crippen molar-refractivity contribution in [3.8, 4) is 11.8 Å². The maximum absolute atomic E-state index is 14.3. The lowest BCUT2D eigenvalue weighted by molar-refractivity contribution is -0.135. The van der Waals surface area contributed by atoms with E-state index in [1.54, 1.807) is 25.4 Å². The van der Waals surface area contributed by atoms with Gasteiger partial charge in [-0.25, -0.2) is 28.1 Å². The van der Waals surface area contributed by atoms with Crippen LogP contribution in [0.2, 0.25) is 0 Å². The summed E-state index contributed by atoms with van der Waals surface area (Å²) in [5.41, 5.74) is 1.65. The molecule has 2 N–H and O–H groups in total. The number of fused-ring (bicyclic) bond motifs is 4. The highest BCUT2D eigenvalue weighted by Gasteiger charge is 2.40. The third-order valence-corrected chi connectivity index (χ3v) is 14.1. The molecule has 9 heterocycles. The molecule has 20 heteroatoms. The molecule has 5 aliphatic heterocycles. The highest BCUT2D eigenvalue weighted by molar-refractivity contribution is 7.19. The van der Waals surface area contributed by atoms with Gasteiger partial charge >= 0.3 is 5.69 Å². The van der Waals surface area contributed by atoms with Crippen LogP contribution >= 0.6 is 11.3 Å². The van der Waals surface area contributed by atoms with E-state index in [0.717, 1.165) is 75.4 Å². The van der Waals surface area contributed by atoms with Crippen LogP contribution in [-0.2, 0) is 26.1 Å². The molecule has 1 aromatic carbocycles. The zero-order chi connectivity index (χ0) is 43.4. The van der Waals surface area contributed by atoms with Crippen LogP contribution in [0.25, 0.3) is 16.7 Å². The predicted molar refractivity (Wildman–Crippen MR) is 229 cm³/mol. The van der Waals surface area contributed by atoms with Gasteiger partial charge in [-0.15, -0.1) is 0 Å². The summed E-state index contributed by atoms with van der Waals surface area (Å²) in [6.45, 7) is 5.73. The number of anilines is 3. The Morgan fingerprint density at radius 1 is 1.08 bits per heavy atom. The van der Waals surface area contributed by atoms with Crippen molar-refractivity contribution >= 4 is 61.7 Å². The average Bonchev–Trinajstić information content (AvgIpc) is 4.13. The van der Waals surface area contributed by atoms with Gasteiger partial charge in [0, 0.05) is 58.9 Å². The number of likely N-dealkylation sites (tertiary alicyclic amines) is 1. The summed E-state index contributed by atoms with van der Waals surface area (Å²) in [6, 6.07) is 6.78. The van der Waals surface area contributed by atoms with Gasteiger partial charge in [0.05, 0.1) is 47.7 Å². The third-order valence-electron chi connectivity index (χ3n) is 13.0. The van der Waals surface area contributed by atoms with Crippen LogP contribution < -0.4 is 26.1 Å². The van der Waals surface area contributed by atoms with Gasteiger partial charge < -0.3 is 29.5 Å². The molecule has 17 nitrogen and oxygen atoms in total. The second kappa shape index (κ2) is 17.1. The van der Waals surface area contributed by atoms with Crippen LogP contribution in [0.5, 0.6) is 0 Å². The minimum atomic E-state index is -2.86. The van der Waals surface area contributed by atoms with Crippen molar-refractivity contribution in [3.05, 3.63) is 64.0 Å². The molecule has 3 amide bonds. The van der Waals surface area contributed by atoms with Crippen LogP contribution in [0.15, 0.2) is 41.5 Å². The van der Waals surface area contributed by atoms with Crippen molar-refractivity contribution < 1.29 is 32.6 Å². The Hall–Kier alpha value is -5.75. The maximum Gasteiger partial charge on any atom is 0.329 e. The number of amides is 3. The molecular weight excluding hydrogens is 837 g/mol. The van der Waals surface area contributed by atoms with E-state index in [1.807, 2.05) is 17.0 Å². The number of imidazole rings is 1. The summed E-state index contributed by atoms with van der Waals surface area (Å²) in [5.74, 6) is 6.09. The maximum atomic E-state index is 14.3. The van der Waals surface area contributed by atoms with Crippen molar-refractivity contribution in [2.75, 3.05) is 67.6 Å². The minimum absolute atomic E-state index is 0.0266. The van der Waals surface area contributed by atoms with E-state index in [1.165, 1.54) is 19.8 Å². The topological polar surface area (TPSA) is 173 Å². The fourth-order valence-electron chi connectivity index (χ4n) is 9.71. The van der Waals surface area contributed by atoms with Crippen LogP contribution in [-0.4, -0.2) is 122 Å². The molecule has 330 valence electrons. The Morgan fingerprint density at radius 3 is 2.65 bits per heavy atom. The number of hydrogen-bond donors (Lipinski definition) is 2. The van der Waals surface area contributed by atoms with E-state index in [9.17, 15) is 28.0 Å². The average molecular weight is 884 g/mol. The van der Waals surface area contributed by atoms with Crippen molar-refractivity contribution in [2.45, 2.75) is 75.7 Å². The fraction of sp³-hybridized carbons (Fsp3) is 0.512. The molecule has 0 spiro atoms. The van der Waals surface area contributed by atoms with Gasteiger partial charge in [-0.05, 0) is 62.6 Å². The number of piperidine rings is 3. The number of carbonyl (C=O) groups is 3. The van der Waals surface area contributed by atoms with Gasteiger partial charge in [0.2, 0.25) is 11.8 Å². The number of para-hydroxylation sites is 1. The van der Waals surface area contributed by atoms with Crippen molar-refractivity contribution in [3.63, 3.8) is 0 Å². The first-order chi connectivity index (χ1) is 30.6. The van der Waals surface area contributed by atoms with Crippen molar-refractivity contribution in [1.29, 1.82) is 0 Å². The van der Waals surface area contributed by atoms with Crippen LogP contribution in [0.1, 0.15) is 79.0 Å². The van der Waals surface area contributed by atoms with E-state index in [4.69, 9.17) is 14.5 Å². The number of aryl methyl sites for hydroxylation is 1. The molecule has 0 radical (unpaired) electrons. The molecule has 4 aromatic heterocycles. The number of halogens is 2. The van der Waals surface area contributed by atoms with Crippen LogP contribution in [0, 0.1) is 17.8 Å². The van der Waals surface area contributed by atoms with Gasteiger partial charge in [0.25, 0.3) is 12.3 Å². The normalized spacial score (nSPS) is 22.4. The Labute approximate surface area is 364 Å². The predicted octanol–water partition coefficient (Wildman–Crippen LogP) is 3.73. The lowest BCUT2D eigenvalue weighted by atomic mass is 9.95. The smallest absolute Gasteiger partial charge is 0.329 e. The van der Waals surface area contributed by atoms with Gasteiger partial charge in [-0.3, -0.25) is 28.8 Å². The molecule has 10 rings (SSSR count). The number of carbonyl (C=O) groups excluding carboxylic acids is 3. The summed E-state index contributed by atoms with van der Waals surface area (Å²) in [4.78, 5) is 66.8. The lowest BCUT2D eigenvalue weighted by Gasteiger charge is -2.37. The van der Waals surface area contributed by atoms with Crippen LogP contribution in [0.3, 0.4) is 0 Å². The fourth-order valence-corrected chi connectivity index (χ4v) is 10.7. The Balaban J connectivity index is 0.700. The van der Waals surface area contributed by atoms with Crippen molar-refractivity contribution in [2.24, 2.45) is 13.0 Å². The molecule has 2 bridgehead atoms. The van der Waals surface area contributed by atoms with E-state index in [2.05, 4.69) is 42.4 Å². The summed E-state index contributed by atoms with van der Waals surface area (Å²) in [6.07, 6.45) is 5.49. The number of hydrogen-bond acceptors (Lipinski definition) is 13. The third kappa shape index (κ3) is 8.07. The minimum Gasteiger partial charge on any atom is -0.374 e. The van der Waals surface area contributed by atoms with Gasteiger partial charge in [-0.2, -0.15) is 5.10 Å². The molecule has 1 unspecified atom stereocenters. The van der Waals surface area contributed by atoms with E-state index in [0.29, 0.717) is 53.0 Å². The molecular formula is C43H47F2N11O6S. The van der Waals surface area contributed by atoms with Crippen molar-refractivity contribution in [1.82, 2.24) is 38.9 Å². The SMILES string of the molecule is Cn1c(=O)n(C2CCC(=O)NC2=O)c2cccc(C#CCOC3CCN(CC4CCN(c5nc(C(F)F)c(NC(=O)c6cnn7ccc(N8C[C@H]9C[C@@H]8CO9)nc67)s5)CC4)CC3)c21. The number of rotatable bonds is 10. The van der Waals surface area contributed by atoms with Gasteiger partial charge in [0.1, 0.15) is 34.7 Å². The first-order valence-corrected chi connectivity index (χ1v) is 22.3. The molecule has 5 fully saturated rings. The number of benzene rings is 1. The molecule has 63 heavy (non-hydrogen) atoms. The number of morpholine rings is 1. The molecule has 5 aliphatic rings. The quantitative estimate of drug-likeness (QED) is 0.154.